The second kappa shape index (κ2) is 8.63. The van der Waals surface area contributed by atoms with Crippen molar-refractivity contribution in [2.24, 2.45) is 11.1 Å². The molecule has 0 bridgehead atoms. The number of H-pyrrole nitrogens is 1. The fraction of sp³-hybridized carbons (Fsp3) is 0.444. The van der Waals surface area contributed by atoms with Crippen LogP contribution in [0.4, 0.5) is 0 Å². The Morgan fingerprint density at radius 1 is 1.22 bits per heavy atom. The lowest BCUT2D eigenvalue weighted by Crippen LogP contribution is -2.52. The number of rotatable bonds is 8. The predicted octanol–water partition coefficient (Wildman–Crippen LogP) is 0.594. The Balaban J connectivity index is 2.05. The molecule has 0 fully saturated rings. The molecule has 0 aliphatic carbocycles. The average Bonchev–Trinajstić information content (AvgIpc) is 3.00. The fourth-order valence-electron chi connectivity index (χ4n) is 2.53. The molecule has 3 amide bonds. The van der Waals surface area contributed by atoms with Crippen LogP contribution in [-0.4, -0.2) is 40.3 Å². The van der Waals surface area contributed by atoms with Crippen LogP contribution in [0, 0.1) is 5.41 Å². The second-order valence-electron chi connectivity index (χ2n) is 7.53. The zero-order valence-corrected chi connectivity index (χ0v) is 15.8. The van der Waals surface area contributed by atoms with E-state index in [1.54, 1.807) is 6.07 Å². The van der Waals surface area contributed by atoms with E-state index in [1.165, 1.54) is 0 Å². The number of aromatic amines is 1. The van der Waals surface area contributed by atoms with Crippen molar-refractivity contribution in [1.29, 1.82) is 0 Å². The Morgan fingerprint density at radius 2 is 1.93 bits per heavy atom. The summed E-state index contributed by atoms with van der Waals surface area (Å²) in [6.07, 6.45) is 0.512. The molecule has 0 saturated heterocycles. The van der Waals surface area contributed by atoms with Gasteiger partial charge in [0.25, 0.3) is 11.8 Å². The summed E-state index contributed by atoms with van der Waals surface area (Å²) in [6, 6.07) is 6.52. The summed E-state index contributed by atoms with van der Waals surface area (Å²) < 4.78 is 0. The van der Waals surface area contributed by atoms with Crippen LogP contribution in [-0.2, 0) is 9.59 Å². The Hall–Kier alpha value is -2.94. The third-order valence-corrected chi connectivity index (χ3v) is 3.75. The van der Waals surface area contributed by atoms with E-state index < -0.39 is 23.8 Å². The predicted molar refractivity (Wildman–Crippen MR) is 101 cm³/mol. The Labute approximate surface area is 157 Å². The molecule has 2 aromatic rings. The molecule has 0 spiro atoms. The number of hydrogen-bond acceptors (Lipinski definition) is 5. The van der Waals surface area contributed by atoms with Gasteiger partial charge in [-0.2, -0.15) is 0 Å². The number of carbonyl (C=O) groups excluding carboxylic acids is 3. The molecule has 27 heavy (non-hydrogen) atoms. The lowest BCUT2D eigenvalue weighted by molar-refractivity contribution is -0.125. The highest BCUT2D eigenvalue weighted by molar-refractivity contribution is 5.97. The third-order valence-electron chi connectivity index (χ3n) is 3.75. The number of fused-ring (bicyclic) bond motifs is 1. The summed E-state index contributed by atoms with van der Waals surface area (Å²) in [4.78, 5) is 43.0. The Bertz CT molecular complexity index is 791. The number of benzene rings is 1. The smallest absolute Gasteiger partial charge is 0.287 e. The number of aromatic nitrogens is 2. The van der Waals surface area contributed by atoms with Crippen molar-refractivity contribution < 1.29 is 14.4 Å². The molecule has 146 valence electrons. The van der Waals surface area contributed by atoms with E-state index in [0.717, 1.165) is 5.52 Å². The van der Waals surface area contributed by atoms with Crippen LogP contribution in [0.1, 0.15) is 44.2 Å². The first-order valence-corrected chi connectivity index (χ1v) is 8.72. The van der Waals surface area contributed by atoms with Gasteiger partial charge in [0.2, 0.25) is 5.91 Å². The Morgan fingerprint density at radius 3 is 2.56 bits per heavy atom. The van der Waals surface area contributed by atoms with Gasteiger partial charge in [-0.3, -0.25) is 19.8 Å². The molecule has 1 unspecified atom stereocenters. The minimum Gasteiger partial charge on any atom is -0.370 e. The van der Waals surface area contributed by atoms with Crippen molar-refractivity contribution >= 4 is 28.8 Å². The molecule has 9 heteroatoms. The number of amides is 3. The van der Waals surface area contributed by atoms with Gasteiger partial charge >= 0.3 is 0 Å². The van der Waals surface area contributed by atoms with Crippen LogP contribution in [0.5, 0.6) is 0 Å². The number of nitrogens with zero attached hydrogens (tertiary/aromatic N) is 1. The molecule has 2 rings (SSSR count). The van der Waals surface area contributed by atoms with Gasteiger partial charge in [-0.05, 0) is 24.0 Å². The van der Waals surface area contributed by atoms with Crippen LogP contribution >= 0.6 is 0 Å². The molecule has 1 aromatic heterocycles. The van der Waals surface area contributed by atoms with Crippen molar-refractivity contribution in [3.8, 4) is 0 Å². The monoisotopic (exact) mass is 374 g/mol. The highest BCUT2D eigenvalue weighted by Gasteiger charge is 2.27. The van der Waals surface area contributed by atoms with E-state index in [9.17, 15) is 14.4 Å². The summed E-state index contributed by atoms with van der Waals surface area (Å²) in [6.45, 7) is 6.13. The van der Waals surface area contributed by atoms with E-state index in [-0.39, 0.29) is 24.2 Å². The van der Waals surface area contributed by atoms with Gasteiger partial charge in [-0.15, -0.1) is 0 Å². The SMILES string of the molecule is CC(C)(C)CC(NC(=O)c1nc2ccccc2[nH]1)C(=O)NNCCC(N)=O. The topological polar surface area (TPSA) is 142 Å². The minimum atomic E-state index is -0.771. The first-order valence-electron chi connectivity index (χ1n) is 8.72. The highest BCUT2D eigenvalue weighted by Crippen LogP contribution is 2.21. The summed E-state index contributed by atoms with van der Waals surface area (Å²) >= 11 is 0. The van der Waals surface area contributed by atoms with Crippen LogP contribution < -0.4 is 21.9 Å². The summed E-state index contributed by atoms with van der Waals surface area (Å²) in [7, 11) is 0. The molecule has 1 atom stereocenters. The number of primary amides is 1. The number of hydrazine groups is 1. The quantitative estimate of drug-likeness (QED) is 0.340. The zero-order chi connectivity index (χ0) is 20.0. The molecule has 1 aromatic carbocycles. The van der Waals surface area contributed by atoms with E-state index in [2.05, 4.69) is 26.1 Å². The standard InChI is InChI=1S/C18H26N6O3/c1-18(2,3)10-13(16(26)24-20-9-8-14(19)25)23-17(27)15-21-11-6-4-5-7-12(11)22-15/h4-7,13,20H,8-10H2,1-3H3,(H2,19,25)(H,21,22)(H,23,27)(H,24,26). The first kappa shape index (κ1) is 20.4. The maximum absolute atomic E-state index is 12.6. The first-order chi connectivity index (χ1) is 12.7. The van der Waals surface area contributed by atoms with Gasteiger partial charge < -0.3 is 16.0 Å². The van der Waals surface area contributed by atoms with Gasteiger partial charge in [0.1, 0.15) is 6.04 Å². The lowest BCUT2D eigenvalue weighted by Gasteiger charge is -2.26. The fourth-order valence-corrected chi connectivity index (χ4v) is 2.53. The van der Waals surface area contributed by atoms with Crippen molar-refractivity contribution in [1.82, 2.24) is 26.1 Å². The van der Waals surface area contributed by atoms with E-state index >= 15 is 0 Å². The third kappa shape index (κ3) is 6.37. The van der Waals surface area contributed by atoms with Gasteiger partial charge in [0.15, 0.2) is 5.82 Å². The van der Waals surface area contributed by atoms with Crippen LogP contribution in [0.2, 0.25) is 0 Å². The molecular formula is C18H26N6O3. The van der Waals surface area contributed by atoms with Crippen molar-refractivity contribution in [3.05, 3.63) is 30.1 Å². The average molecular weight is 374 g/mol. The molecule has 0 saturated carbocycles. The van der Waals surface area contributed by atoms with Crippen molar-refractivity contribution in [2.45, 2.75) is 39.7 Å². The van der Waals surface area contributed by atoms with Crippen LogP contribution in [0.15, 0.2) is 24.3 Å². The van der Waals surface area contributed by atoms with Gasteiger partial charge in [-0.25, -0.2) is 10.4 Å². The van der Waals surface area contributed by atoms with Crippen LogP contribution in [0.3, 0.4) is 0 Å². The molecule has 0 aliphatic rings. The van der Waals surface area contributed by atoms with Crippen LogP contribution in [0.25, 0.3) is 11.0 Å². The number of imidazole rings is 1. The zero-order valence-electron chi connectivity index (χ0n) is 15.8. The van der Waals surface area contributed by atoms with E-state index in [0.29, 0.717) is 11.9 Å². The van der Waals surface area contributed by atoms with Gasteiger partial charge in [-0.1, -0.05) is 32.9 Å². The van der Waals surface area contributed by atoms with E-state index in [4.69, 9.17) is 5.73 Å². The number of para-hydroxylation sites is 2. The van der Waals surface area contributed by atoms with Gasteiger partial charge in [0.05, 0.1) is 11.0 Å². The van der Waals surface area contributed by atoms with E-state index in [1.807, 2.05) is 39.0 Å². The second-order valence-corrected chi connectivity index (χ2v) is 7.53. The van der Waals surface area contributed by atoms with Crippen molar-refractivity contribution in [2.75, 3.05) is 6.54 Å². The maximum Gasteiger partial charge on any atom is 0.287 e. The minimum absolute atomic E-state index is 0.0928. The largest absolute Gasteiger partial charge is 0.370 e. The summed E-state index contributed by atoms with van der Waals surface area (Å²) in [5.74, 6) is -1.20. The maximum atomic E-state index is 12.6. The summed E-state index contributed by atoms with van der Waals surface area (Å²) in [5, 5.41) is 2.72. The van der Waals surface area contributed by atoms with Crippen molar-refractivity contribution in [3.63, 3.8) is 0 Å². The lowest BCUT2D eigenvalue weighted by atomic mass is 9.88. The molecule has 9 nitrogen and oxygen atoms in total. The Kier molecular flexibility index (Phi) is 6.51. The molecular weight excluding hydrogens is 348 g/mol. The molecule has 1 heterocycles. The van der Waals surface area contributed by atoms with Gasteiger partial charge in [0, 0.05) is 13.0 Å². The highest BCUT2D eigenvalue weighted by atomic mass is 16.2. The molecule has 0 aliphatic heterocycles. The number of nitrogens with two attached hydrogens (primary N) is 1. The number of hydrogen-bond donors (Lipinski definition) is 5. The normalized spacial score (nSPS) is 12.6. The number of nitrogens with one attached hydrogen (secondary N) is 4. The molecule has 6 N–H and O–H groups in total. The molecule has 0 radical (unpaired) electrons. The number of carbonyl (C=O) groups is 3. The summed E-state index contributed by atoms with van der Waals surface area (Å²) in [5.41, 5.74) is 11.4.